The first-order valence-corrected chi connectivity index (χ1v) is 2.70. The maximum atomic E-state index is 10.5. The van der Waals surface area contributed by atoms with Gasteiger partial charge in [-0.3, -0.25) is 10.2 Å². The number of methoxy groups -OCH3 is 1. The first kappa shape index (κ1) is 12.7. The van der Waals surface area contributed by atoms with Crippen LogP contribution in [0.4, 0.5) is 0 Å². The van der Waals surface area contributed by atoms with Crippen molar-refractivity contribution in [1.82, 2.24) is 4.90 Å². The minimum atomic E-state index is -0.405. The van der Waals surface area contributed by atoms with Gasteiger partial charge in [-0.1, -0.05) is 0 Å². The number of halogens is 1. The Bertz CT molecular complexity index is 151. The number of carbonyl (C=O) groups is 1. The SMILES string of the molecule is COC(=O)CN(C)C(=N)N.Cl. The fourth-order valence-corrected chi connectivity index (χ4v) is 0.343. The molecule has 0 unspecified atom stereocenters. The average molecular weight is 182 g/mol. The molecule has 0 aliphatic rings. The van der Waals surface area contributed by atoms with E-state index in [1.54, 1.807) is 7.05 Å². The van der Waals surface area contributed by atoms with Gasteiger partial charge in [-0.2, -0.15) is 0 Å². The molecule has 0 aromatic heterocycles. The number of likely N-dealkylation sites (N-methyl/N-ethyl adjacent to an activating group) is 1. The highest BCUT2D eigenvalue weighted by Crippen LogP contribution is 1.80. The molecule has 0 saturated heterocycles. The van der Waals surface area contributed by atoms with Crippen LogP contribution in [-0.2, 0) is 9.53 Å². The summed E-state index contributed by atoms with van der Waals surface area (Å²) in [6, 6.07) is 0. The maximum absolute atomic E-state index is 10.5. The van der Waals surface area contributed by atoms with Crippen LogP contribution < -0.4 is 5.73 Å². The Hall–Kier alpha value is -0.970. The normalized spacial score (nSPS) is 7.82. The lowest BCUT2D eigenvalue weighted by Crippen LogP contribution is -2.37. The van der Waals surface area contributed by atoms with E-state index in [4.69, 9.17) is 11.1 Å². The first-order chi connectivity index (χ1) is 4.57. The molecule has 0 amide bonds. The molecule has 11 heavy (non-hydrogen) atoms. The van der Waals surface area contributed by atoms with Crippen LogP contribution >= 0.6 is 12.4 Å². The molecule has 0 bridgehead atoms. The predicted octanol–water partition coefficient (Wildman–Crippen LogP) is -0.594. The Kier molecular flexibility index (Phi) is 6.67. The number of nitrogens with one attached hydrogen (secondary N) is 1. The van der Waals surface area contributed by atoms with E-state index in [0.29, 0.717) is 0 Å². The zero-order chi connectivity index (χ0) is 8.15. The second-order valence-corrected chi connectivity index (χ2v) is 1.82. The summed E-state index contributed by atoms with van der Waals surface area (Å²) >= 11 is 0. The van der Waals surface area contributed by atoms with Gasteiger partial charge in [0.2, 0.25) is 0 Å². The molecule has 0 saturated carbocycles. The van der Waals surface area contributed by atoms with Crippen molar-refractivity contribution in [3.05, 3.63) is 0 Å². The van der Waals surface area contributed by atoms with Crippen molar-refractivity contribution in [3.63, 3.8) is 0 Å². The van der Waals surface area contributed by atoms with Gasteiger partial charge in [0.1, 0.15) is 6.54 Å². The third-order valence-corrected chi connectivity index (χ3v) is 1.01. The molecule has 0 rings (SSSR count). The van der Waals surface area contributed by atoms with Gasteiger partial charge in [0.15, 0.2) is 5.96 Å². The lowest BCUT2D eigenvalue weighted by molar-refractivity contribution is -0.140. The van der Waals surface area contributed by atoms with E-state index in [1.165, 1.54) is 12.0 Å². The van der Waals surface area contributed by atoms with E-state index in [1.807, 2.05) is 0 Å². The largest absolute Gasteiger partial charge is 0.468 e. The van der Waals surface area contributed by atoms with Crippen LogP contribution in [0.1, 0.15) is 0 Å². The summed E-state index contributed by atoms with van der Waals surface area (Å²) in [4.78, 5) is 11.8. The van der Waals surface area contributed by atoms with Crippen molar-refractivity contribution in [2.75, 3.05) is 20.7 Å². The van der Waals surface area contributed by atoms with E-state index in [9.17, 15) is 4.79 Å². The Labute approximate surface area is 71.4 Å². The number of guanidine groups is 1. The molecule has 6 heteroatoms. The number of nitrogens with two attached hydrogens (primary N) is 1. The number of carbonyl (C=O) groups excluding carboxylic acids is 1. The van der Waals surface area contributed by atoms with Crippen LogP contribution in [-0.4, -0.2) is 37.5 Å². The molecule has 0 aliphatic carbocycles. The smallest absolute Gasteiger partial charge is 0.325 e. The summed E-state index contributed by atoms with van der Waals surface area (Å²) in [6.45, 7) is 0.0197. The number of ether oxygens (including phenoxy) is 1. The molecule has 3 N–H and O–H groups in total. The Balaban J connectivity index is 0. The molecule has 66 valence electrons. The van der Waals surface area contributed by atoms with E-state index < -0.39 is 5.97 Å². The summed E-state index contributed by atoms with van der Waals surface area (Å²) < 4.78 is 4.34. The highest BCUT2D eigenvalue weighted by molar-refractivity contribution is 5.85. The Morgan fingerprint density at radius 3 is 2.45 bits per heavy atom. The van der Waals surface area contributed by atoms with Gasteiger partial charge in [0.25, 0.3) is 0 Å². The van der Waals surface area contributed by atoms with Gasteiger partial charge in [-0.05, 0) is 0 Å². The van der Waals surface area contributed by atoms with Gasteiger partial charge in [0, 0.05) is 7.05 Å². The molecule has 5 nitrogen and oxygen atoms in total. The molecular weight excluding hydrogens is 170 g/mol. The minimum Gasteiger partial charge on any atom is -0.468 e. The average Bonchev–Trinajstić information content (AvgIpc) is 1.87. The van der Waals surface area contributed by atoms with Crippen LogP contribution in [0.5, 0.6) is 0 Å². The summed E-state index contributed by atoms with van der Waals surface area (Å²) in [6.07, 6.45) is 0. The molecule has 0 aromatic carbocycles. The standard InChI is InChI=1S/C5H11N3O2.ClH/c1-8(5(6)7)3-4(9)10-2;/h3H2,1-2H3,(H3,6,7);1H. The summed E-state index contributed by atoms with van der Waals surface area (Å²) in [5.41, 5.74) is 5.04. The van der Waals surface area contributed by atoms with Gasteiger partial charge >= 0.3 is 5.97 Å². The number of esters is 1. The zero-order valence-electron chi connectivity index (χ0n) is 6.46. The second-order valence-electron chi connectivity index (χ2n) is 1.82. The van der Waals surface area contributed by atoms with Gasteiger partial charge in [0.05, 0.1) is 7.11 Å². The molecule has 0 heterocycles. The lowest BCUT2D eigenvalue weighted by atomic mass is 10.6. The predicted molar refractivity (Wildman–Crippen MR) is 43.8 cm³/mol. The van der Waals surface area contributed by atoms with Crippen LogP contribution in [0.2, 0.25) is 0 Å². The number of hydrogen-bond donors (Lipinski definition) is 2. The highest BCUT2D eigenvalue weighted by Gasteiger charge is 2.05. The molecule has 0 atom stereocenters. The van der Waals surface area contributed by atoms with Crippen molar-refractivity contribution in [2.45, 2.75) is 0 Å². The number of rotatable bonds is 2. The lowest BCUT2D eigenvalue weighted by Gasteiger charge is -2.13. The molecule has 0 radical (unpaired) electrons. The summed E-state index contributed by atoms with van der Waals surface area (Å²) in [7, 11) is 2.83. The first-order valence-electron chi connectivity index (χ1n) is 2.70. The third kappa shape index (κ3) is 5.47. The second kappa shape index (κ2) is 5.79. The van der Waals surface area contributed by atoms with Crippen LogP contribution in [0, 0.1) is 5.41 Å². The van der Waals surface area contributed by atoms with E-state index in [0.717, 1.165) is 0 Å². The molecule has 0 fully saturated rings. The molecular formula is C5H12ClN3O2. The van der Waals surface area contributed by atoms with E-state index in [2.05, 4.69) is 4.74 Å². The highest BCUT2D eigenvalue weighted by atomic mass is 35.5. The van der Waals surface area contributed by atoms with Crippen molar-refractivity contribution < 1.29 is 9.53 Å². The van der Waals surface area contributed by atoms with Crippen LogP contribution in [0.25, 0.3) is 0 Å². The van der Waals surface area contributed by atoms with Crippen molar-refractivity contribution in [1.29, 1.82) is 5.41 Å². The van der Waals surface area contributed by atoms with Gasteiger partial charge in [-0.15, -0.1) is 12.4 Å². The molecule has 0 aromatic rings. The molecule has 0 spiro atoms. The van der Waals surface area contributed by atoms with E-state index >= 15 is 0 Å². The fourth-order valence-electron chi connectivity index (χ4n) is 0.343. The Morgan fingerprint density at radius 2 is 2.18 bits per heavy atom. The van der Waals surface area contributed by atoms with Crippen LogP contribution in [0.15, 0.2) is 0 Å². The van der Waals surface area contributed by atoms with Crippen molar-refractivity contribution in [3.8, 4) is 0 Å². The van der Waals surface area contributed by atoms with Crippen molar-refractivity contribution in [2.24, 2.45) is 5.73 Å². The number of nitrogens with zero attached hydrogens (tertiary/aromatic N) is 1. The van der Waals surface area contributed by atoms with E-state index in [-0.39, 0.29) is 24.9 Å². The maximum Gasteiger partial charge on any atom is 0.325 e. The summed E-state index contributed by atoms with van der Waals surface area (Å²) in [5.74, 6) is -0.553. The van der Waals surface area contributed by atoms with Crippen LogP contribution in [0.3, 0.4) is 0 Å². The molecule has 0 aliphatic heterocycles. The summed E-state index contributed by atoms with van der Waals surface area (Å²) in [5, 5.41) is 6.86. The zero-order valence-corrected chi connectivity index (χ0v) is 7.27. The topological polar surface area (TPSA) is 79.4 Å². The quantitative estimate of drug-likeness (QED) is 0.339. The fraction of sp³-hybridized carbons (Fsp3) is 0.600. The number of hydrogen-bond acceptors (Lipinski definition) is 3. The third-order valence-electron chi connectivity index (χ3n) is 1.01. The van der Waals surface area contributed by atoms with Crippen molar-refractivity contribution >= 4 is 24.3 Å². The van der Waals surface area contributed by atoms with Gasteiger partial charge in [-0.25, -0.2) is 0 Å². The monoisotopic (exact) mass is 181 g/mol. The van der Waals surface area contributed by atoms with Gasteiger partial charge < -0.3 is 15.4 Å². The minimum absolute atomic E-state index is 0. The Morgan fingerprint density at radius 1 is 1.73 bits per heavy atom.